The molecule has 0 aliphatic heterocycles. The lowest BCUT2D eigenvalue weighted by Gasteiger charge is -2.32. The maximum atomic E-state index is 14.0. The number of nitrogens with zero attached hydrogens (tertiary/aromatic N) is 1. The summed E-state index contributed by atoms with van der Waals surface area (Å²) in [6.07, 6.45) is 0.763. The molecule has 0 radical (unpaired) electrons. The third-order valence-corrected chi connectivity index (χ3v) is 6.87. The Labute approximate surface area is 240 Å². The quantitative estimate of drug-likeness (QED) is 0.231. The molecule has 4 aromatic carbocycles. The highest BCUT2D eigenvalue weighted by Gasteiger charge is 2.31. The van der Waals surface area contributed by atoms with E-state index >= 15 is 0 Å². The number of carbonyl (C=O) groups is 2. The van der Waals surface area contributed by atoms with E-state index in [4.69, 9.17) is 21.1 Å². The lowest BCUT2D eigenvalue weighted by atomic mass is 10.0. The van der Waals surface area contributed by atoms with Gasteiger partial charge in [-0.1, -0.05) is 90.5 Å². The van der Waals surface area contributed by atoms with Crippen LogP contribution in [0.4, 0.5) is 0 Å². The number of hydrogen-bond acceptors (Lipinski definition) is 4. The molecular formula is C33H33ClN2O4. The number of halogens is 1. The van der Waals surface area contributed by atoms with Gasteiger partial charge in [0.25, 0.3) is 0 Å². The molecule has 2 amide bonds. The average Bonchev–Trinajstić information content (AvgIpc) is 2.99. The summed E-state index contributed by atoms with van der Waals surface area (Å²) < 4.78 is 10.8. The van der Waals surface area contributed by atoms with Gasteiger partial charge >= 0.3 is 0 Å². The molecule has 0 heterocycles. The van der Waals surface area contributed by atoms with E-state index in [1.807, 2.05) is 78.9 Å². The van der Waals surface area contributed by atoms with Crippen LogP contribution in [0.2, 0.25) is 5.02 Å². The molecule has 0 aliphatic carbocycles. The van der Waals surface area contributed by atoms with Gasteiger partial charge in [-0.25, -0.2) is 0 Å². The van der Waals surface area contributed by atoms with Gasteiger partial charge < -0.3 is 19.7 Å². The summed E-state index contributed by atoms with van der Waals surface area (Å²) in [6, 6.07) is 31.2. The maximum Gasteiger partial charge on any atom is 0.247 e. The maximum absolute atomic E-state index is 14.0. The largest absolute Gasteiger partial charge is 0.493 e. The van der Waals surface area contributed by atoms with Crippen molar-refractivity contribution in [1.29, 1.82) is 0 Å². The van der Waals surface area contributed by atoms with E-state index in [0.717, 1.165) is 22.3 Å². The van der Waals surface area contributed by atoms with E-state index in [-0.39, 0.29) is 24.8 Å². The second kappa shape index (κ2) is 14.2. The number of hydrogen-bond donors (Lipinski definition) is 1. The van der Waals surface area contributed by atoms with Crippen molar-refractivity contribution in [1.82, 2.24) is 10.2 Å². The first-order valence-electron chi connectivity index (χ1n) is 13.1. The molecule has 7 heteroatoms. The fraction of sp³-hybridized carbons (Fsp3) is 0.212. The summed E-state index contributed by atoms with van der Waals surface area (Å²) in [5.74, 6) is 0.679. The fourth-order valence-corrected chi connectivity index (χ4v) is 4.68. The molecule has 0 bridgehead atoms. The second-order valence-electron chi connectivity index (χ2n) is 9.35. The molecule has 1 atom stereocenters. The normalized spacial score (nSPS) is 11.4. The van der Waals surface area contributed by atoms with Crippen molar-refractivity contribution in [3.05, 3.63) is 130 Å². The molecule has 0 aliphatic rings. The Morgan fingerprint density at radius 1 is 0.775 bits per heavy atom. The smallest absolute Gasteiger partial charge is 0.247 e. The van der Waals surface area contributed by atoms with Crippen LogP contribution in [0.25, 0.3) is 0 Å². The topological polar surface area (TPSA) is 67.9 Å². The molecule has 40 heavy (non-hydrogen) atoms. The van der Waals surface area contributed by atoms with Crippen LogP contribution in [0.1, 0.15) is 28.3 Å². The van der Waals surface area contributed by atoms with Crippen LogP contribution in [-0.2, 0) is 29.0 Å². The van der Waals surface area contributed by atoms with E-state index in [1.54, 1.807) is 43.4 Å². The predicted octanol–water partition coefficient (Wildman–Crippen LogP) is 6.03. The standard InChI is InChI=1S/C33H33ClN2O4/c1-39-29-18-15-26(21-30(29)40-2)22-31(37)36(23-25-13-16-28(34)17-14-25)32(27-11-7-4-8-12-27)33(38)35-20-19-24-9-5-3-6-10-24/h3-18,21,32H,19-20,22-23H2,1-2H3,(H,35,38)/t32-/m0/s1. The van der Waals surface area contributed by atoms with Gasteiger partial charge in [0.15, 0.2) is 11.5 Å². The molecule has 1 N–H and O–H groups in total. The molecule has 4 rings (SSSR count). The zero-order valence-corrected chi connectivity index (χ0v) is 23.4. The van der Waals surface area contributed by atoms with Crippen molar-refractivity contribution < 1.29 is 19.1 Å². The Bertz CT molecular complexity index is 1400. The molecular weight excluding hydrogens is 524 g/mol. The van der Waals surface area contributed by atoms with Crippen molar-refractivity contribution in [3.8, 4) is 11.5 Å². The summed E-state index contributed by atoms with van der Waals surface area (Å²) in [5.41, 5.74) is 3.47. The minimum absolute atomic E-state index is 0.0779. The van der Waals surface area contributed by atoms with Gasteiger partial charge in [0.1, 0.15) is 6.04 Å². The molecule has 0 saturated heterocycles. The summed E-state index contributed by atoms with van der Waals surface area (Å²) >= 11 is 6.12. The minimum atomic E-state index is -0.833. The molecule has 0 unspecified atom stereocenters. The van der Waals surface area contributed by atoms with Gasteiger partial charge in [0.05, 0.1) is 20.6 Å². The highest BCUT2D eigenvalue weighted by Crippen LogP contribution is 2.29. The lowest BCUT2D eigenvalue weighted by Crippen LogP contribution is -2.44. The van der Waals surface area contributed by atoms with Crippen molar-refractivity contribution in [2.75, 3.05) is 20.8 Å². The Kier molecular flexibility index (Phi) is 10.2. The van der Waals surface area contributed by atoms with Gasteiger partial charge in [-0.2, -0.15) is 0 Å². The second-order valence-corrected chi connectivity index (χ2v) is 9.79. The van der Waals surface area contributed by atoms with Gasteiger partial charge in [0.2, 0.25) is 11.8 Å². The van der Waals surface area contributed by atoms with Gasteiger partial charge in [-0.3, -0.25) is 9.59 Å². The van der Waals surface area contributed by atoms with Crippen LogP contribution in [0.3, 0.4) is 0 Å². The van der Waals surface area contributed by atoms with Crippen LogP contribution in [0.15, 0.2) is 103 Å². The van der Waals surface area contributed by atoms with Crippen molar-refractivity contribution in [2.24, 2.45) is 0 Å². The summed E-state index contributed by atoms with van der Waals surface area (Å²) in [5, 5.41) is 3.67. The average molecular weight is 557 g/mol. The summed E-state index contributed by atoms with van der Waals surface area (Å²) in [7, 11) is 3.12. The summed E-state index contributed by atoms with van der Waals surface area (Å²) in [4.78, 5) is 29.4. The number of rotatable bonds is 12. The number of amides is 2. The zero-order chi connectivity index (χ0) is 28.3. The third kappa shape index (κ3) is 7.64. The summed E-state index contributed by atoms with van der Waals surface area (Å²) in [6.45, 7) is 0.680. The molecule has 4 aromatic rings. The first-order valence-corrected chi connectivity index (χ1v) is 13.5. The third-order valence-electron chi connectivity index (χ3n) is 6.62. The molecule has 206 valence electrons. The van der Waals surface area contributed by atoms with Crippen LogP contribution >= 0.6 is 11.6 Å². The number of carbonyl (C=O) groups excluding carboxylic acids is 2. The number of benzene rings is 4. The molecule has 0 fully saturated rings. The first kappa shape index (κ1) is 28.7. The van der Waals surface area contributed by atoms with Crippen LogP contribution < -0.4 is 14.8 Å². The highest BCUT2D eigenvalue weighted by atomic mass is 35.5. The number of nitrogens with one attached hydrogen (secondary N) is 1. The van der Waals surface area contributed by atoms with E-state index < -0.39 is 6.04 Å². The zero-order valence-electron chi connectivity index (χ0n) is 22.7. The Morgan fingerprint density at radius 3 is 2.05 bits per heavy atom. The SMILES string of the molecule is COc1ccc(CC(=O)N(Cc2ccc(Cl)cc2)[C@H](C(=O)NCCc2ccccc2)c2ccccc2)cc1OC. The fourth-order valence-electron chi connectivity index (χ4n) is 4.56. The van der Waals surface area contributed by atoms with E-state index in [9.17, 15) is 9.59 Å². The molecule has 0 saturated carbocycles. The number of ether oxygens (including phenoxy) is 2. The Hall–Kier alpha value is -4.29. The molecule has 0 aromatic heterocycles. The van der Waals surface area contributed by atoms with Gasteiger partial charge in [-0.15, -0.1) is 0 Å². The van der Waals surface area contributed by atoms with Crippen molar-refractivity contribution >= 4 is 23.4 Å². The number of methoxy groups -OCH3 is 2. The van der Waals surface area contributed by atoms with E-state index in [0.29, 0.717) is 29.5 Å². The Morgan fingerprint density at radius 2 is 1.40 bits per heavy atom. The lowest BCUT2D eigenvalue weighted by molar-refractivity contribution is -0.141. The van der Waals surface area contributed by atoms with Crippen molar-refractivity contribution in [2.45, 2.75) is 25.4 Å². The molecule has 6 nitrogen and oxygen atoms in total. The predicted molar refractivity (Wildman–Crippen MR) is 158 cm³/mol. The Balaban J connectivity index is 1.64. The van der Waals surface area contributed by atoms with E-state index in [1.165, 1.54) is 0 Å². The monoisotopic (exact) mass is 556 g/mol. The molecule has 0 spiro atoms. The first-order chi connectivity index (χ1) is 19.5. The van der Waals surface area contributed by atoms with E-state index in [2.05, 4.69) is 5.32 Å². The highest BCUT2D eigenvalue weighted by molar-refractivity contribution is 6.30. The minimum Gasteiger partial charge on any atom is -0.493 e. The van der Waals surface area contributed by atoms with Crippen LogP contribution in [0.5, 0.6) is 11.5 Å². The van der Waals surface area contributed by atoms with Crippen LogP contribution in [-0.4, -0.2) is 37.5 Å². The van der Waals surface area contributed by atoms with Gasteiger partial charge in [0, 0.05) is 18.1 Å². The van der Waals surface area contributed by atoms with Crippen LogP contribution in [0, 0.1) is 0 Å². The van der Waals surface area contributed by atoms with Gasteiger partial charge in [-0.05, 0) is 52.9 Å². The van der Waals surface area contributed by atoms with Crippen molar-refractivity contribution in [3.63, 3.8) is 0 Å².